The number of anilines is 1. The predicted octanol–water partition coefficient (Wildman–Crippen LogP) is 4.60. The Morgan fingerprint density at radius 3 is 2.88 bits per heavy atom. The number of likely N-dealkylation sites (tertiary alicyclic amines) is 1. The number of nitrogens with one attached hydrogen (secondary N) is 2. The van der Waals surface area contributed by atoms with E-state index in [9.17, 15) is 18.0 Å². The van der Waals surface area contributed by atoms with Crippen LogP contribution < -0.4 is 5.32 Å². The third kappa shape index (κ3) is 4.15. The lowest BCUT2D eigenvalue weighted by Crippen LogP contribution is -2.41. The molecule has 0 radical (unpaired) electrons. The van der Waals surface area contributed by atoms with E-state index in [1.807, 2.05) is 0 Å². The fourth-order valence-electron chi connectivity index (χ4n) is 2.91. The summed E-state index contributed by atoms with van der Waals surface area (Å²) >= 11 is 2.89. The summed E-state index contributed by atoms with van der Waals surface area (Å²) in [5.74, 6) is 0.922. The Labute approximate surface area is 150 Å². The number of carbonyl (C=O) groups is 1. The van der Waals surface area contributed by atoms with Crippen LogP contribution in [0.5, 0.6) is 0 Å². The van der Waals surface area contributed by atoms with Crippen LogP contribution in [0.15, 0.2) is 35.1 Å². The second-order valence-electron chi connectivity index (χ2n) is 5.88. The molecule has 3 rings (SSSR count). The number of piperidine rings is 1. The smallest absolute Gasteiger partial charge is 0.348 e. The molecule has 1 aromatic carbocycles. The molecule has 9 heteroatoms. The fraction of sp³-hybridized carbons (Fsp3) is 0.375. The summed E-state index contributed by atoms with van der Waals surface area (Å²) in [5, 5.41) is 2.55. The number of amides is 2. The molecule has 0 saturated carbocycles. The van der Waals surface area contributed by atoms with Crippen molar-refractivity contribution in [1.82, 2.24) is 14.9 Å². The second kappa shape index (κ2) is 7.07. The molecule has 134 valence electrons. The lowest BCUT2D eigenvalue weighted by atomic mass is 9.98. The highest BCUT2D eigenvalue weighted by Crippen LogP contribution is 2.36. The third-order valence-electron chi connectivity index (χ3n) is 4.14. The van der Waals surface area contributed by atoms with Crippen LogP contribution in [0.1, 0.15) is 30.1 Å². The summed E-state index contributed by atoms with van der Waals surface area (Å²) in [4.78, 5) is 21.3. The van der Waals surface area contributed by atoms with Gasteiger partial charge in [0.15, 0.2) is 0 Å². The van der Waals surface area contributed by atoms with Gasteiger partial charge in [-0.15, -0.1) is 0 Å². The van der Waals surface area contributed by atoms with Gasteiger partial charge in [-0.1, -0.05) is 15.9 Å². The van der Waals surface area contributed by atoms with Crippen molar-refractivity contribution < 1.29 is 18.0 Å². The van der Waals surface area contributed by atoms with Crippen LogP contribution in [0.2, 0.25) is 0 Å². The minimum Gasteiger partial charge on any atom is -0.348 e. The first-order valence-electron chi connectivity index (χ1n) is 7.76. The largest absolute Gasteiger partial charge is 0.417 e. The van der Waals surface area contributed by atoms with Crippen molar-refractivity contribution in [2.24, 2.45) is 0 Å². The first-order valence-corrected chi connectivity index (χ1v) is 8.56. The van der Waals surface area contributed by atoms with Gasteiger partial charge in [0.05, 0.1) is 5.56 Å². The Kier molecular flexibility index (Phi) is 5.03. The van der Waals surface area contributed by atoms with E-state index in [-0.39, 0.29) is 16.1 Å². The monoisotopic (exact) mass is 416 g/mol. The van der Waals surface area contributed by atoms with Crippen LogP contribution in [0.3, 0.4) is 0 Å². The van der Waals surface area contributed by atoms with Crippen molar-refractivity contribution in [2.45, 2.75) is 24.9 Å². The van der Waals surface area contributed by atoms with E-state index in [0.717, 1.165) is 24.7 Å². The maximum Gasteiger partial charge on any atom is 0.417 e. The van der Waals surface area contributed by atoms with Crippen molar-refractivity contribution >= 4 is 27.6 Å². The van der Waals surface area contributed by atoms with Crippen LogP contribution in [0, 0.1) is 0 Å². The van der Waals surface area contributed by atoms with Gasteiger partial charge >= 0.3 is 12.2 Å². The number of urea groups is 1. The van der Waals surface area contributed by atoms with Crippen molar-refractivity contribution in [3.63, 3.8) is 0 Å². The zero-order chi connectivity index (χ0) is 18.0. The topological polar surface area (TPSA) is 61.0 Å². The summed E-state index contributed by atoms with van der Waals surface area (Å²) in [7, 11) is 0. The summed E-state index contributed by atoms with van der Waals surface area (Å²) in [5.41, 5.74) is -0.710. The predicted molar refractivity (Wildman–Crippen MR) is 90.3 cm³/mol. The zero-order valence-electron chi connectivity index (χ0n) is 13.1. The van der Waals surface area contributed by atoms with E-state index in [4.69, 9.17) is 0 Å². The number of benzene rings is 1. The van der Waals surface area contributed by atoms with E-state index in [2.05, 4.69) is 31.2 Å². The highest BCUT2D eigenvalue weighted by Gasteiger charge is 2.33. The highest BCUT2D eigenvalue weighted by molar-refractivity contribution is 9.10. The molecule has 0 spiro atoms. The number of imidazole rings is 1. The van der Waals surface area contributed by atoms with Gasteiger partial charge in [0.25, 0.3) is 0 Å². The molecule has 1 aromatic heterocycles. The Morgan fingerprint density at radius 2 is 2.20 bits per heavy atom. The van der Waals surface area contributed by atoms with E-state index in [1.54, 1.807) is 17.3 Å². The first-order chi connectivity index (χ1) is 11.8. The van der Waals surface area contributed by atoms with Crippen LogP contribution in [-0.4, -0.2) is 34.0 Å². The molecule has 1 unspecified atom stereocenters. The van der Waals surface area contributed by atoms with Gasteiger partial charge in [0, 0.05) is 41.6 Å². The fourth-order valence-corrected chi connectivity index (χ4v) is 3.38. The standard InChI is InChI=1S/C16H16BrF3N4O/c17-13-4-3-11(8-12(13)16(18,19)20)23-15(25)24-7-1-2-10(9-24)14-21-5-6-22-14/h3-6,8,10H,1-2,7,9H2,(H,21,22)(H,23,25). The van der Waals surface area contributed by atoms with Gasteiger partial charge in [-0.05, 0) is 31.0 Å². The van der Waals surface area contributed by atoms with E-state index < -0.39 is 17.8 Å². The molecule has 1 fully saturated rings. The number of alkyl halides is 3. The van der Waals surface area contributed by atoms with Crippen molar-refractivity contribution in [2.75, 3.05) is 18.4 Å². The van der Waals surface area contributed by atoms with Gasteiger partial charge < -0.3 is 15.2 Å². The number of aromatic nitrogens is 2. The average molecular weight is 417 g/mol. The number of aromatic amines is 1. The second-order valence-corrected chi connectivity index (χ2v) is 6.74. The number of halogens is 4. The van der Waals surface area contributed by atoms with E-state index in [1.165, 1.54) is 12.1 Å². The van der Waals surface area contributed by atoms with Crippen LogP contribution >= 0.6 is 15.9 Å². The molecule has 0 bridgehead atoms. The molecular formula is C16H16BrF3N4O. The quantitative estimate of drug-likeness (QED) is 0.751. The molecule has 2 heterocycles. The molecule has 1 aliphatic heterocycles. The Balaban J connectivity index is 1.70. The normalized spacial score (nSPS) is 18.2. The van der Waals surface area contributed by atoms with Crippen LogP contribution in [0.25, 0.3) is 0 Å². The SMILES string of the molecule is O=C(Nc1ccc(Br)c(C(F)(F)F)c1)N1CCCC(c2ncc[nH]2)C1. The number of carbonyl (C=O) groups excluding carboxylic acids is 1. The van der Waals surface area contributed by atoms with Crippen molar-refractivity contribution in [1.29, 1.82) is 0 Å². The van der Waals surface area contributed by atoms with E-state index in [0.29, 0.717) is 13.1 Å². The van der Waals surface area contributed by atoms with Gasteiger partial charge in [-0.2, -0.15) is 13.2 Å². The minimum atomic E-state index is -4.49. The number of rotatable bonds is 2. The summed E-state index contributed by atoms with van der Waals surface area (Å²) in [6.45, 7) is 1.04. The molecule has 5 nitrogen and oxygen atoms in total. The molecule has 1 aliphatic rings. The molecular weight excluding hydrogens is 401 g/mol. The van der Waals surface area contributed by atoms with Crippen molar-refractivity contribution in [3.8, 4) is 0 Å². The average Bonchev–Trinajstić information content (AvgIpc) is 3.10. The number of H-pyrrole nitrogens is 1. The Hall–Kier alpha value is -2.03. The summed E-state index contributed by atoms with van der Waals surface area (Å²) in [6, 6.07) is 3.23. The zero-order valence-corrected chi connectivity index (χ0v) is 14.7. The summed E-state index contributed by atoms with van der Waals surface area (Å²) < 4.78 is 38.8. The van der Waals surface area contributed by atoms with Crippen LogP contribution in [0.4, 0.5) is 23.7 Å². The maximum atomic E-state index is 13.0. The third-order valence-corrected chi connectivity index (χ3v) is 4.83. The molecule has 1 atom stereocenters. The lowest BCUT2D eigenvalue weighted by Gasteiger charge is -2.32. The molecule has 1 saturated heterocycles. The lowest BCUT2D eigenvalue weighted by molar-refractivity contribution is -0.138. The molecule has 2 aromatic rings. The molecule has 25 heavy (non-hydrogen) atoms. The number of hydrogen-bond donors (Lipinski definition) is 2. The van der Waals surface area contributed by atoms with E-state index >= 15 is 0 Å². The van der Waals surface area contributed by atoms with Gasteiger partial charge in [0.2, 0.25) is 0 Å². The van der Waals surface area contributed by atoms with Gasteiger partial charge in [-0.25, -0.2) is 9.78 Å². The minimum absolute atomic E-state index is 0.0612. The van der Waals surface area contributed by atoms with Gasteiger partial charge in [0.1, 0.15) is 5.82 Å². The van der Waals surface area contributed by atoms with Gasteiger partial charge in [-0.3, -0.25) is 0 Å². The molecule has 2 N–H and O–H groups in total. The number of hydrogen-bond acceptors (Lipinski definition) is 2. The summed E-state index contributed by atoms with van der Waals surface area (Å²) in [6.07, 6.45) is 0.624. The molecule has 2 amide bonds. The molecule has 0 aliphatic carbocycles. The maximum absolute atomic E-state index is 13.0. The van der Waals surface area contributed by atoms with Crippen LogP contribution in [-0.2, 0) is 6.18 Å². The Bertz CT molecular complexity index is 748. The Morgan fingerprint density at radius 1 is 1.40 bits per heavy atom. The highest BCUT2D eigenvalue weighted by atomic mass is 79.9. The van der Waals surface area contributed by atoms with Crippen molar-refractivity contribution in [3.05, 3.63) is 46.5 Å². The first kappa shape index (κ1) is 17.8. The number of nitrogens with zero attached hydrogens (tertiary/aromatic N) is 2.